The van der Waals surface area contributed by atoms with Gasteiger partial charge < -0.3 is 24.1 Å². The van der Waals surface area contributed by atoms with Crippen LogP contribution in [0.2, 0.25) is 0 Å². The van der Waals surface area contributed by atoms with E-state index in [1.165, 1.54) is 19.2 Å². The number of nitrogens with one attached hydrogen (secondary N) is 1. The third-order valence-corrected chi connectivity index (χ3v) is 4.31. The molecule has 3 rings (SSSR count). The number of benzene rings is 1. The Balaban J connectivity index is 1.90. The number of anilines is 2. The zero-order chi connectivity index (χ0) is 25.8. The highest BCUT2D eigenvalue weighted by Gasteiger charge is 2.42. The molecule has 0 unspecified atom stereocenters. The average molecular weight is 505 g/mol. The van der Waals surface area contributed by atoms with Gasteiger partial charge in [-0.05, 0) is 12.1 Å². The second-order valence-corrected chi connectivity index (χ2v) is 6.88. The van der Waals surface area contributed by atoms with Crippen molar-refractivity contribution in [3.8, 4) is 17.2 Å². The lowest BCUT2D eigenvalue weighted by atomic mass is 10.2. The highest BCUT2D eigenvalue weighted by molar-refractivity contribution is 6.03. The van der Waals surface area contributed by atoms with Crippen molar-refractivity contribution in [3.05, 3.63) is 48.1 Å². The Morgan fingerprint density at radius 3 is 2.37 bits per heavy atom. The van der Waals surface area contributed by atoms with Crippen LogP contribution in [0.25, 0.3) is 11.5 Å². The number of halogens is 6. The van der Waals surface area contributed by atoms with Gasteiger partial charge >= 0.3 is 12.5 Å². The molecule has 0 atom stereocenters. The van der Waals surface area contributed by atoms with Gasteiger partial charge in [-0.25, -0.2) is 15.0 Å². The molecule has 0 radical (unpaired) electrons. The molecule has 3 aromatic rings. The van der Waals surface area contributed by atoms with Gasteiger partial charge in [0.1, 0.15) is 5.75 Å². The minimum atomic E-state index is -5.18. The van der Waals surface area contributed by atoms with Crippen LogP contribution < -0.4 is 15.0 Å². The number of methoxy groups -OCH3 is 1. The molecule has 1 aromatic carbocycles. The van der Waals surface area contributed by atoms with Crippen LogP contribution in [0.4, 0.5) is 38.0 Å². The monoisotopic (exact) mass is 505 g/mol. The van der Waals surface area contributed by atoms with Crippen LogP contribution in [-0.4, -0.2) is 54.5 Å². The molecule has 1 amide bonds. The zero-order valence-corrected chi connectivity index (χ0v) is 18.1. The molecular formula is C20H17F6N5O4. The number of rotatable bonds is 8. The standard InChI is InChI=1S/C20H17F6N5O4/c1-31(7-8-33-2)18-27-9-11(10-28-18)29-16(32)14-15(19(21,22)23)34-17(30-14)12-5-3-4-6-13(12)35-20(24,25)26/h3-6,9-10H,7-8H2,1-2H3,(H,29,32). The minimum absolute atomic E-state index is 0.0580. The number of aromatic nitrogens is 3. The third-order valence-electron chi connectivity index (χ3n) is 4.31. The van der Waals surface area contributed by atoms with Crippen molar-refractivity contribution in [2.45, 2.75) is 12.5 Å². The fraction of sp³-hybridized carbons (Fsp3) is 0.300. The van der Waals surface area contributed by atoms with E-state index in [0.717, 1.165) is 24.5 Å². The molecule has 9 nitrogen and oxygen atoms in total. The van der Waals surface area contributed by atoms with E-state index in [4.69, 9.17) is 4.74 Å². The summed E-state index contributed by atoms with van der Waals surface area (Å²) in [5.74, 6) is -4.63. The largest absolute Gasteiger partial charge is 0.573 e. The maximum absolute atomic E-state index is 13.5. The van der Waals surface area contributed by atoms with E-state index < -0.39 is 47.1 Å². The molecule has 2 heterocycles. The van der Waals surface area contributed by atoms with E-state index >= 15 is 0 Å². The molecule has 2 aromatic heterocycles. The van der Waals surface area contributed by atoms with Gasteiger partial charge in [-0.2, -0.15) is 13.2 Å². The number of oxazole rings is 1. The first-order chi connectivity index (χ1) is 16.4. The molecule has 0 saturated heterocycles. The topological polar surface area (TPSA) is 103 Å². The van der Waals surface area contributed by atoms with E-state index in [1.54, 1.807) is 11.9 Å². The second kappa shape index (κ2) is 10.2. The SMILES string of the molecule is COCCN(C)c1ncc(NC(=O)c2nc(-c3ccccc3OC(F)(F)F)oc2C(F)(F)F)cn1. The van der Waals surface area contributed by atoms with E-state index in [1.807, 2.05) is 0 Å². The predicted octanol–water partition coefficient (Wildman–Crippen LogP) is 4.38. The van der Waals surface area contributed by atoms with Crippen molar-refractivity contribution in [2.24, 2.45) is 0 Å². The molecule has 0 bridgehead atoms. The van der Waals surface area contributed by atoms with Gasteiger partial charge in [0.05, 0.1) is 30.3 Å². The fourth-order valence-electron chi connectivity index (χ4n) is 2.74. The molecule has 1 N–H and O–H groups in total. The highest BCUT2D eigenvalue weighted by atomic mass is 19.4. The van der Waals surface area contributed by atoms with Crippen LogP contribution in [0.5, 0.6) is 5.75 Å². The number of alkyl halides is 6. The van der Waals surface area contributed by atoms with Crippen molar-refractivity contribution < 1.29 is 45.0 Å². The third kappa shape index (κ3) is 6.59. The van der Waals surface area contributed by atoms with E-state index in [0.29, 0.717) is 13.2 Å². The smallest absolute Gasteiger partial charge is 0.431 e. The Morgan fingerprint density at radius 2 is 1.77 bits per heavy atom. The first-order valence-corrected chi connectivity index (χ1v) is 9.65. The van der Waals surface area contributed by atoms with E-state index in [9.17, 15) is 31.1 Å². The summed E-state index contributed by atoms with van der Waals surface area (Å²) in [7, 11) is 3.19. The Hall–Kier alpha value is -3.88. The molecule has 0 saturated carbocycles. The maximum atomic E-state index is 13.5. The summed E-state index contributed by atoms with van der Waals surface area (Å²) < 4.78 is 92.1. The number of likely N-dealkylation sites (N-methyl/N-ethyl adjacent to an activating group) is 1. The predicted molar refractivity (Wildman–Crippen MR) is 109 cm³/mol. The highest BCUT2D eigenvalue weighted by Crippen LogP contribution is 2.39. The van der Waals surface area contributed by atoms with Gasteiger partial charge in [-0.15, -0.1) is 13.2 Å². The first-order valence-electron chi connectivity index (χ1n) is 9.65. The minimum Gasteiger partial charge on any atom is -0.431 e. The number of para-hydroxylation sites is 1. The van der Waals surface area contributed by atoms with Crippen LogP contribution >= 0.6 is 0 Å². The van der Waals surface area contributed by atoms with Gasteiger partial charge in [-0.1, -0.05) is 12.1 Å². The summed E-state index contributed by atoms with van der Waals surface area (Å²) in [6.07, 6.45) is -7.99. The normalized spacial score (nSPS) is 11.9. The second-order valence-electron chi connectivity index (χ2n) is 6.88. The molecule has 188 valence electrons. The summed E-state index contributed by atoms with van der Waals surface area (Å²) in [6, 6.07) is 4.27. The number of nitrogens with zero attached hydrogens (tertiary/aromatic N) is 4. The molecule has 0 fully saturated rings. The van der Waals surface area contributed by atoms with E-state index in [-0.39, 0.29) is 11.6 Å². The Bertz CT molecular complexity index is 1160. The van der Waals surface area contributed by atoms with Gasteiger partial charge in [0.25, 0.3) is 5.91 Å². The summed E-state index contributed by atoms with van der Waals surface area (Å²) in [4.78, 5) is 25.7. The zero-order valence-electron chi connectivity index (χ0n) is 18.1. The van der Waals surface area contributed by atoms with Crippen LogP contribution in [0.1, 0.15) is 16.2 Å². The number of hydrogen-bond acceptors (Lipinski definition) is 8. The van der Waals surface area contributed by atoms with Gasteiger partial charge in [0.2, 0.25) is 17.6 Å². The molecule has 35 heavy (non-hydrogen) atoms. The molecule has 0 spiro atoms. The van der Waals surface area contributed by atoms with Crippen LogP contribution in [-0.2, 0) is 10.9 Å². The summed E-state index contributed by atoms with van der Waals surface area (Å²) in [6.45, 7) is 0.850. The quantitative estimate of drug-likeness (QED) is 0.450. The Morgan fingerprint density at radius 1 is 1.11 bits per heavy atom. The Kier molecular flexibility index (Phi) is 7.48. The lowest BCUT2D eigenvalue weighted by Crippen LogP contribution is -2.24. The fourth-order valence-corrected chi connectivity index (χ4v) is 2.74. The van der Waals surface area contributed by atoms with Crippen molar-refractivity contribution in [3.63, 3.8) is 0 Å². The Labute approximate surface area is 193 Å². The molecule has 0 aliphatic heterocycles. The van der Waals surface area contributed by atoms with Crippen molar-refractivity contribution in [1.82, 2.24) is 15.0 Å². The van der Waals surface area contributed by atoms with Gasteiger partial charge in [0, 0.05) is 20.7 Å². The number of ether oxygens (including phenoxy) is 2. The summed E-state index contributed by atoms with van der Waals surface area (Å²) in [5, 5.41) is 2.16. The van der Waals surface area contributed by atoms with Crippen LogP contribution in [0.3, 0.4) is 0 Å². The van der Waals surface area contributed by atoms with Crippen molar-refractivity contribution in [1.29, 1.82) is 0 Å². The lowest BCUT2D eigenvalue weighted by molar-refractivity contribution is -0.274. The first kappa shape index (κ1) is 25.7. The number of amides is 1. The molecule has 0 aliphatic rings. The summed E-state index contributed by atoms with van der Waals surface area (Å²) >= 11 is 0. The van der Waals surface area contributed by atoms with Crippen molar-refractivity contribution in [2.75, 3.05) is 37.5 Å². The van der Waals surface area contributed by atoms with Gasteiger partial charge in [-0.3, -0.25) is 4.79 Å². The van der Waals surface area contributed by atoms with Crippen molar-refractivity contribution >= 4 is 17.5 Å². The molecule has 15 heteroatoms. The number of carbonyl (C=O) groups is 1. The lowest BCUT2D eigenvalue weighted by Gasteiger charge is -2.16. The number of hydrogen-bond donors (Lipinski definition) is 1. The number of carbonyl (C=O) groups excluding carboxylic acids is 1. The molecule has 0 aliphatic carbocycles. The molecular weight excluding hydrogens is 488 g/mol. The van der Waals surface area contributed by atoms with Gasteiger partial charge in [0.15, 0.2) is 5.69 Å². The summed E-state index contributed by atoms with van der Waals surface area (Å²) in [5.41, 5.74) is -1.80. The van der Waals surface area contributed by atoms with Crippen LogP contribution in [0.15, 0.2) is 41.1 Å². The van der Waals surface area contributed by atoms with Crippen LogP contribution in [0, 0.1) is 0 Å². The maximum Gasteiger partial charge on any atom is 0.573 e. The van der Waals surface area contributed by atoms with E-state index in [2.05, 4.69) is 29.4 Å². The average Bonchev–Trinajstić information content (AvgIpc) is 3.23.